The molecular weight excluding hydrogens is 273 g/mol. The molecule has 0 aliphatic carbocycles. The van der Waals surface area contributed by atoms with Gasteiger partial charge < -0.3 is 10.3 Å². The van der Waals surface area contributed by atoms with Crippen LogP contribution in [0.4, 0.5) is 10.1 Å². The highest BCUT2D eigenvalue weighted by Crippen LogP contribution is 2.11. The first-order valence-corrected chi connectivity index (χ1v) is 6.18. The number of pyridine rings is 2. The Balaban J connectivity index is 1.95. The third-order valence-corrected chi connectivity index (χ3v) is 2.96. The monoisotopic (exact) mass is 283 g/mol. The Kier molecular flexibility index (Phi) is 3.19. The smallest absolute Gasteiger partial charge is 0.262 e. The van der Waals surface area contributed by atoms with Crippen molar-refractivity contribution in [3.8, 4) is 0 Å². The van der Waals surface area contributed by atoms with Crippen LogP contribution in [-0.4, -0.2) is 15.9 Å². The van der Waals surface area contributed by atoms with E-state index in [1.807, 2.05) is 0 Å². The topological polar surface area (TPSA) is 74.8 Å². The number of halogens is 1. The van der Waals surface area contributed by atoms with Gasteiger partial charge in [-0.2, -0.15) is 0 Å². The van der Waals surface area contributed by atoms with E-state index in [-0.39, 0.29) is 5.56 Å². The van der Waals surface area contributed by atoms with Crippen molar-refractivity contribution in [3.63, 3.8) is 0 Å². The van der Waals surface area contributed by atoms with Gasteiger partial charge in [0.15, 0.2) is 0 Å². The third kappa shape index (κ3) is 2.64. The molecule has 0 aliphatic rings. The van der Waals surface area contributed by atoms with Crippen molar-refractivity contribution < 1.29 is 9.18 Å². The molecule has 0 bridgehead atoms. The summed E-state index contributed by atoms with van der Waals surface area (Å²) in [5.41, 5.74) is 0.272. The van der Waals surface area contributed by atoms with Gasteiger partial charge in [0.05, 0.1) is 0 Å². The first kappa shape index (κ1) is 13.0. The predicted octanol–water partition coefficient (Wildman–Crippen LogP) is 2.31. The maximum absolute atomic E-state index is 12.8. The second kappa shape index (κ2) is 5.16. The zero-order chi connectivity index (χ0) is 14.8. The van der Waals surface area contributed by atoms with Crippen LogP contribution in [0.15, 0.2) is 53.5 Å². The van der Waals surface area contributed by atoms with Crippen LogP contribution in [0.2, 0.25) is 0 Å². The molecule has 0 spiro atoms. The zero-order valence-corrected chi connectivity index (χ0v) is 10.8. The number of amides is 1. The molecule has 0 radical (unpaired) electrons. The normalized spacial score (nSPS) is 10.5. The third-order valence-electron chi connectivity index (χ3n) is 2.96. The summed E-state index contributed by atoms with van der Waals surface area (Å²) in [6.07, 6.45) is 1.55. The Morgan fingerprint density at radius 3 is 2.71 bits per heavy atom. The highest BCUT2D eigenvalue weighted by Gasteiger charge is 2.12. The standard InChI is InChI=1S/C15H10FN3O2/c16-10-3-5-11(6-4-10)18-14(20)12-8-9-2-1-7-17-13(9)19-15(12)21/h1-8H,(H,18,20)(H,17,19,21). The molecule has 2 aromatic heterocycles. The number of nitrogens with zero attached hydrogens (tertiary/aromatic N) is 1. The molecule has 2 N–H and O–H groups in total. The number of benzene rings is 1. The molecule has 3 aromatic rings. The molecular formula is C15H10FN3O2. The number of carbonyl (C=O) groups excluding carboxylic acids is 1. The van der Waals surface area contributed by atoms with Gasteiger partial charge in [-0.15, -0.1) is 0 Å². The number of hydrogen-bond acceptors (Lipinski definition) is 3. The number of rotatable bonds is 2. The molecule has 1 aromatic carbocycles. The molecule has 1 amide bonds. The summed E-state index contributed by atoms with van der Waals surface area (Å²) in [5, 5.41) is 3.20. The van der Waals surface area contributed by atoms with Crippen molar-refractivity contribution in [2.45, 2.75) is 0 Å². The molecule has 104 valence electrons. The van der Waals surface area contributed by atoms with Gasteiger partial charge in [-0.05, 0) is 42.5 Å². The van der Waals surface area contributed by atoms with E-state index in [0.717, 1.165) is 0 Å². The number of nitrogens with one attached hydrogen (secondary N) is 2. The van der Waals surface area contributed by atoms with Crippen LogP contribution in [0, 0.1) is 5.82 Å². The van der Waals surface area contributed by atoms with E-state index in [1.54, 1.807) is 18.3 Å². The fourth-order valence-corrected chi connectivity index (χ4v) is 1.93. The number of aromatic amines is 1. The van der Waals surface area contributed by atoms with Crippen LogP contribution in [0.25, 0.3) is 11.0 Å². The molecule has 6 heteroatoms. The minimum atomic E-state index is -0.561. The number of aromatic nitrogens is 2. The Labute approximate surface area is 118 Å². The van der Waals surface area contributed by atoms with Crippen molar-refractivity contribution in [2.75, 3.05) is 5.32 Å². The molecule has 3 rings (SSSR count). The lowest BCUT2D eigenvalue weighted by Crippen LogP contribution is -2.23. The Bertz CT molecular complexity index is 872. The number of hydrogen-bond donors (Lipinski definition) is 2. The lowest BCUT2D eigenvalue weighted by molar-refractivity contribution is 0.102. The Morgan fingerprint density at radius 2 is 1.95 bits per heavy atom. The Morgan fingerprint density at radius 1 is 1.19 bits per heavy atom. The maximum atomic E-state index is 12.8. The molecule has 0 saturated heterocycles. The van der Waals surface area contributed by atoms with Crippen LogP contribution in [0.5, 0.6) is 0 Å². The summed E-state index contributed by atoms with van der Waals surface area (Å²) >= 11 is 0. The van der Waals surface area contributed by atoms with Crippen molar-refractivity contribution in [2.24, 2.45) is 0 Å². The minimum absolute atomic E-state index is 0.0279. The van der Waals surface area contributed by atoms with Crippen molar-refractivity contribution >= 4 is 22.6 Å². The maximum Gasteiger partial charge on any atom is 0.262 e. The summed E-state index contributed by atoms with van der Waals surface area (Å²) in [4.78, 5) is 30.6. The average molecular weight is 283 g/mol. The van der Waals surface area contributed by atoms with E-state index >= 15 is 0 Å². The van der Waals surface area contributed by atoms with Gasteiger partial charge >= 0.3 is 0 Å². The fraction of sp³-hybridized carbons (Fsp3) is 0. The van der Waals surface area contributed by atoms with E-state index in [9.17, 15) is 14.0 Å². The Hall–Kier alpha value is -3.02. The van der Waals surface area contributed by atoms with E-state index < -0.39 is 17.3 Å². The highest BCUT2D eigenvalue weighted by atomic mass is 19.1. The van der Waals surface area contributed by atoms with E-state index in [4.69, 9.17) is 0 Å². The molecule has 0 unspecified atom stereocenters. The van der Waals surface area contributed by atoms with Gasteiger partial charge in [-0.25, -0.2) is 9.37 Å². The first-order valence-electron chi connectivity index (χ1n) is 6.18. The van der Waals surface area contributed by atoms with Crippen molar-refractivity contribution in [1.82, 2.24) is 9.97 Å². The molecule has 5 nitrogen and oxygen atoms in total. The highest BCUT2D eigenvalue weighted by molar-refractivity contribution is 6.05. The molecule has 0 atom stereocenters. The van der Waals surface area contributed by atoms with Crippen LogP contribution in [-0.2, 0) is 0 Å². The number of anilines is 1. The lowest BCUT2D eigenvalue weighted by Gasteiger charge is -2.05. The summed E-state index contributed by atoms with van der Waals surface area (Å²) in [5.74, 6) is -0.962. The van der Waals surface area contributed by atoms with Crippen molar-refractivity contribution in [1.29, 1.82) is 0 Å². The summed E-state index contributed by atoms with van der Waals surface area (Å²) in [7, 11) is 0. The molecule has 0 saturated carbocycles. The summed E-state index contributed by atoms with van der Waals surface area (Å²) in [6, 6.07) is 10.2. The second-order valence-corrected chi connectivity index (χ2v) is 4.41. The zero-order valence-electron chi connectivity index (χ0n) is 10.8. The largest absolute Gasteiger partial charge is 0.322 e. The lowest BCUT2D eigenvalue weighted by atomic mass is 10.2. The fourth-order valence-electron chi connectivity index (χ4n) is 1.93. The van der Waals surface area contributed by atoms with Gasteiger partial charge in [0.2, 0.25) is 0 Å². The van der Waals surface area contributed by atoms with Gasteiger partial charge in [0.25, 0.3) is 11.5 Å². The quantitative estimate of drug-likeness (QED) is 0.758. The van der Waals surface area contributed by atoms with E-state index in [1.165, 1.54) is 30.3 Å². The first-order chi connectivity index (χ1) is 10.1. The average Bonchev–Trinajstić information content (AvgIpc) is 2.49. The van der Waals surface area contributed by atoms with Gasteiger partial charge in [-0.3, -0.25) is 9.59 Å². The van der Waals surface area contributed by atoms with E-state index in [0.29, 0.717) is 16.7 Å². The minimum Gasteiger partial charge on any atom is -0.322 e. The summed E-state index contributed by atoms with van der Waals surface area (Å²) in [6.45, 7) is 0. The second-order valence-electron chi connectivity index (χ2n) is 4.41. The van der Waals surface area contributed by atoms with Crippen LogP contribution < -0.4 is 10.9 Å². The number of carbonyl (C=O) groups is 1. The molecule has 0 fully saturated rings. The van der Waals surface area contributed by atoms with E-state index in [2.05, 4.69) is 15.3 Å². The summed E-state index contributed by atoms with van der Waals surface area (Å²) < 4.78 is 12.8. The van der Waals surface area contributed by atoms with Gasteiger partial charge in [0, 0.05) is 17.3 Å². The number of fused-ring (bicyclic) bond motifs is 1. The van der Waals surface area contributed by atoms with Crippen LogP contribution in [0.3, 0.4) is 0 Å². The number of H-pyrrole nitrogens is 1. The molecule has 21 heavy (non-hydrogen) atoms. The molecule has 2 heterocycles. The van der Waals surface area contributed by atoms with Crippen LogP contribution in [0.1, 0.15) is 10.4 Å². The van der Waals surface area contributed by atoms with Gasteiger partial charge in [-0.1, -0.05) is 0 Å². The molecule has 0 aliphatic heterocycles. The SMILES string of the molecule is O=C(Nc1ccc(F)cc1)c1cc2cccnc2[nH]c1=O. The van der Waals surface area contributed by atoms with Gasteiger partial charge in [0.1, 0.15) is 17.0 Å². The van der Waals surface area contributed by atoms with Crippen LogP contribution >= 0.6 is 0 Å². The van der Waals surface area contributed by atoms with Crippen molar-refractivity contribution in [3.05, 3.63) is 70.4 Å². The predicted molar refractivity (Wildman–Crippen MR) is 76.7 cm³/mol.